The number of Topliss-reactive ketones (excluding diaryl/α,β-unsaturated/α-hetero) is 2. The first-order valence-electron chi connectivity index (χ1n) is 7.67. The molecule has 0 fully saturated rings. The Bertz CT molecular complexity index is 818. The van der Waals surface area contributed by atoms with E-state index >= 15 is 0 Å². The maximum Gasteiger partial charge on any atom is 0.455 e. The average Bonchev–Trinajstić information content (AvgIpc) is 2.73. The van der Waals surface area contributed by atoms with Crippen LogP contribution in [0.5, 0.6) is 0 Å². The van der Waals surface area contributed by atoms with Gasteiger partial charge in [-0.3, -0.25) is 9.59 Å². The molecule has 1 aliphatic rings. The minimum Gasteiger partial charge on any atom is -0.347 e. The van der Waals surface area contributed by atoms with Crippen LogP contribution in [0.4, 0.5) is 32.0 Å². The number of ketones is 2. The highest BCUT2D eigenvalue weighted by Crippen LogP contribution is 2.46. The molecule has 3 nitrogen and oxygen atoms in total. The van der Waals surface area contributed by atoms with Crippen LogP contribution in [0.3, 0.4) is 0 Å². The fourth-order valence-corrected chi connectivity index (χ4v) is 3.02. The van der Waals surface area contributed by atoms with Crippen molar-refractivity contribution in [2.24, 2.45) is 0 Å². The third-order valence-electron chi connectivity index (χ3n) is 4.35. The molecule has 0 aliphatic carbocycles. The minimum absolute atomic E-state index is 0.297. The number of halogens is 6. The fourth-order valence-electron chi connectivity index (χ4n) is 3.02. The van der Waals surface area contributed by atoms with Crippen LogP contribution in [-0.2, 0) is 15.0 Å². The number of rotatable bonds is 3. The van der Waals surface area contributed by atoms with Gasteiger partial charge in [0.25, 0.3) is 11.6 Å². The van der Waals surface area contributed by atoms with Crippen LogP contribution >= 0.6 is 0 Å². The van der Waals surface area contributed by atoms with Crippen molar-refractivity contribution in [2.75, 3.05) is 11.9 Å². The zero-order valence-corrected chi connectivity index (χ0v) is 14.5. The van der Waals surface area contributed by atoms with Crippen LogP contribution in [0.15, 0.2) is 47.7 Å². The number of likely N-dealkylation sites (N-methyl/N-ethyl adjacent to an activating group) is 1. The number of fused-ring (bicyclic) bond motifs is 1. The predicted molar refractivity (Wildman–Crippen MR) is 86.2 cm³/mol. The molecule has 1 heterocycles. The smallest absolute Gasteiger partial charge is 0.347 e. The standard InChI is InChI=1S/C18H15F6NO2/c1-16(2)11-6-4-5-7-12(11)25(3)13(16)9-8-10(14(26)17(19,20)21)15(27)18(22,23)24/h4-9H,1-3H3. The second-order valence-corrected chi connectivity index (χ2v) is 6.49. The maximum absolute atomic E-state index is 12.7. The van der Waals surface area contributed by atoms with Crippen LogP contribution < -0.4 is 4.90 Å². The van der Waals surface area contributed by atoms with E-state index in [0.717, 1.165) is 11.6 Å². The first-order chi connectivity index (χ1) is 12.2. The Kier molecular flexibility index (Phi) is 5.02. The van der Waals surface area contributed by atoms with Gasteiger partial charge in [0.15, 0.2) is 0 Å². The number of benzene rings is 1. The molecule has 0 aromatic heterocycles. The Morgan fingerprint density at radius 1 is 0.963 bits per heavy atom. The molecule has 0 unspecified atom stereocenters. The van der Waals surface area contributed by atoms with Crippen LogP contribution in [0.2, 0.25) is 0 Å². The first kappa shape index (κ1) is 20.7. The number of hydrogen-bond donors (Lipinski definition) is 0. The summed E-state index contributed by atoms with van der Waals surface area (Å²) in [6.45, 7) is 3.46. The molecular weight excluding hydrogens is 376 g/mol. The highest BCUT2D eigenvalue weighted by atomic mass is 19.4. The molecule has 0 N–H and O–H groups in total. The number of carbonyl (C=O) groups is 2. The van der Waals surface area contributed by atoms with E-state index < -0.39 is 34.9 Å². The summed E-state index contributed by atoms with van der Waals surface area (Å²) in [5, 5.41) is 0. The van der Waals surface area contributed by atoms with E-state index in [1.54, 1.807) is 50.1 Å². The summed E-state index contributed by atoms with van der Waals surface area (Å²) in [7, 11) is 1.59. The lowest BCUT2D eigenvalue weighted by atomic mass is 9.83. The Morgan fingerprint density at radius 3 is 1.89 bits per heavy atom. The molecule has 0 saturated heterocycles. The fraction of sp³-hybridized carbons (Fsp3) is 0.333. The van der Waals surface area contributed by atoms with Crippen molar-refractivity contribution in [3.8, 4) is 0 Å². The Morgan fingerprint density at radius 2 is 1.44 bits per heavy atom. The molecule has 0 saturated carbocycles. The molecule has 1 aliphatic heterocycles. The molecule has 9 heteroatoms. The van der Waals surface area contributed by atoms with Crippen molar-refractivity contribution in [1.29, 1.82) is 0 Å². The molecule has 0 atom stereocenters. The molecule has 0 bridgehead atoms. The van der Waals surface area contributed by atoms with Crippen LogP contribution in [0, 0.1) is 0 Å². The van der Waals surface area contributed by atoms with Crippen molar-refractivity contribution in [3.05, 3.63) is 53.3 Å². The first-order valence-corrected chi connectivity index (χ1v) is 7.67. The van der Waals surface area contributed by atoms with Gasteiger partial charge in [-0.05, 0) is 23.8 Å². The normalized spacial score (nSPS) is 17.7. The van der Waals surface area contributed by atoms with Gasteiger partial charge in [-0.2, -0.15) is 26.3 Å². The predicted octanol–water partition coefficient (Wildman–Crippen LogP) is 4.49. The lowest BCUT2D eigenvalue weighted by Crippen LogP contribution is -2.34. The molecular formula is C18H15F6NO2. The largest absolute Gasteiger partial charge is 0.455 e. The molecule has 146 valence electrons. The van der Waals surface area contributed by atoms with E-state index in [4.69, 9.17) is 0 Å². The van der Waals surface area contributed by atoms with Gasteiger partial charge in [-0.25, -0.2) is 0 Å². The van der Waals surface area contributed by atoms with E-state index in [9.17, 15) is 35.9 Å². The highest BCUT2D eigenvalue weighted by molar-refractivity contribution is 6.23. The van der Waals surface area contributed by atoms with Gasteiger partial charge in [-0.15, -0.1) is 0 Å². The van der Waals surface area contributed by atoms with E-state index in [2.05, 4.69) is 0 Å². The van der Waals surface area contributed by atoms with Gasteiger partial charge in [0, 0.05) is 23.8 Å². The van der Waals surface area contributed by atoms with E-state index in [0.29, 0.717) is 17.5 Å². The Labute approximate surface area is 151 Å². The van der Waals surface area contributed by atoms with Gasteiger partial charge in [0.2, 0.25) is 0 Å². The lowest BCUT2D eigenvalue weighted by Gasteiger charge is -2.24. The molecule has 0 spiro atoms. The van der Waals surface area contributed by atoms with Gasteiger partial charge in [-0.1, -0.05) is 32.0 Å². The minimum atomic E-state index is -5.61. The number of anilines is 1. The Hall–Kier alpha value is -2.58. The maximum atomic E-state index is 12.7. The topological polar surface area (TPSA) is 37.4 Å². The summed E-state index contributed by atoms with van der Waals surface area (Å²) in [4.78, 5) is 24.3. The third-order valence-corrected chi connectivity index (χ3v) is 4.35. The zero-order chi connectivity index (χ0) is 20.8. The molecule has 27 heavy (non-hydrogen) atoms. The number of hydrogen-bond acceptors (Lipinski definition) is 3. The van der Waals surface area contributed by atoms with Crippen LogP contribution in [0.25, 0.3) is 0 Å². The second-order valence-electron chi connectivity index (χ2n) is 6.49. The number of carbonyl (C=O) groups excluding carboxylic acids is 2. The monoisotopic (exact) mass is 391 g/mol. The van der Waals surface area contributed by atoms with Gasteiger partial charge >= 0.3 is 12.4 Å². The number of alkyl halides is 6. The van der Waals surface area contributed by atoms with E-state index in [-0.39, 0.29) is 0 Å². The summed E-state index contributed by atoms with van der Waals surface area (Å²) in [5.41, 5.74) is -0.866. The summed E-state index contributed by atoms with van der Waals surface area (Å²) >= 11 is 0. The highest BCUT2D eigenvalue weighted by Gasteiger charge is 2.50. The summed E-state index contributed by atoms with van der Waals surface area (Å²) in [6.07, 6.45) is -9.97. The summed E-state index contributed by atoms with van der Waals surface area (Å²) in [6, 6.07) is 7.00. The van der Waals surface area contributed by atoms with E-state index in [1.807, 2.05) is 0 Å². The quantitative estimate of drug-likeness (QED) is 0.330. The van der Waals surface area contributed by atoms with Crippen molar-refractivity contribution < 1.29 is 35.9 Å². The van der Waals surface area contributed by atoms with Gasteiger partial charge < -0.3 is 4.90 Å². The summed E-state index contributed by atoms with van der Waals surface area (Å²) in [5.74, 6) is -5.67. The SMILES string of the molecule is CN1C(=CC=C(C(=O)C(F)(F)F)C(=O)C(F)(F)F)C(C)(C)c2ccccc21. The lowest BCUT2D eigenvalue weighted by molar-refractivity contribution is -0.175. The molecule has 0 radical (unpaired) electrons. The van der Waals surface area contributed by atoms with Crippen LogP contribution in [0.1, 0.15) is 19.4 Å². The zero-order valence-electron chi connectivity index (χ0n) is 14.5. The number of para-hydroxylation sites is 1. The van der Waals surface area contributed by atoms with Crippen molar-refractivity contribution in [2.45, 2.75) is 31.6 Å². The third kappa shape index (κ3) is 3.77. The van der Waals surface area contributed by atoms with Crippen molar-refractivity contribution in [1.82, 2.24) is 0 Å². The van der Waals surface area contributed by atoms with Crippen LogP contribution in [-0.4, -0.2) is 31.0 Å². The van der Waals surface area contributed by atoms with Crippen molar-refractivity contribution in [3.63, 3.8) is 0 Å². The number of nitrogens with zero attached hydrogens (tertiary/aromatic N) is 1. The van der Waals surface area contributed by atoms with E-state index in [1.165, 1.54) is 0 Å². The number of allylic oxidation sites excluding steroid dienone is 4. The van der Waals surface area contributed by atoms with Gasteiger partial charge in [0.1, 0.15) is 0 Å². The molecule has 2 rings (SSSR count). The molecule has 1 aromatic carbocycles. The summed E-state index contributed by atoms with van der Waals surface area (Å²) < 4.78 is 75.9. The van der Waals surface area contributed by atoms with Crippen molar-refractivity contribution >= 4 is 17.3 Å². The van der Waals surface area contributed by atoms with Gasteiger partial charge in [0.05, 0.1) is 5.57 Å². The molecule has 1 aromatic rings. The molecule has 0 amide bonds. The average molecular weight is 391 g/mol. The second kappa shape index (κ2) is 6.54. The Balaban J connectivity index is 2.59.